The first kappa shape index (κ1) is 16.7. The lowest BCUT2D eigenvalue weighted by molar-refractivity contribution is 0.0697. The summed E-state index contributed by atoms with van der Waals surface area (Å²) in [4.78, 5) is 13.6. The van der Waals surface area contributed by atoms with E-state index in [1.165, 1.54) is 19.4 Å². The van der Waals surface area contributed by atoms with Crippen LogP contribution in [0.3, 0.4) is 0 Å². The highest BCUT2D eigenvalue weighted by Gasteiger charge is 2.22. The molecule has 1 atom stereocenters. The summed E-state index contributed by atoms with van der Waals surface area (Å²) in [5.74, 6) is 0.639. The minimum Gasteiger partial charge on any atom is -0.478 e. The monoisotopic (exact) mass is 328 g/mol. The van der Waals surface area contributed by atoms with Gasteiger partial charge in [0.2, 0.25) is 0 Å². The maximum atomic E-state index is 11.1. The van der Waals surface area contributed by atoms with Gasteiger partial charge in [0.15, 0.2) is 0 Å². The van der Waals surface area contributed by atoms with Gasteiger partial charge in [-0.2, -0.15) is 0 Å². The van der Waals surface area contributed by atoms with Gasteiger partial charge in [0.1, 0.15) is 11.5 Å². The van der Waals surface area contributed by atoms with Crippen molar-refractivity contribution >= 4 is 5.97 Å². The third-order valence-corrected chi connectivity index (χ3v) is 4.64. The number of likely N-dealkylation sites (tertiary alicyclic amines) is 1. The Morgan fingerprint density at radius 3 is 3.04 bits per heavy atom. The predicted molar refractivity (Wildman–Crippen MR) is 93.1 cm³/mol. The van der Waals surface area contributed by atoms with E-state index < -0.39 is 5.97 Å². The van der Waals surface area contributed by atoms with Crippen molar-refractivity contribution in [3.8, 4) is 11.3 Å². The molecule has 0 amide bonds. The molecule has 128 valence electrons. The van der Waals surface area contributed by atoms with E-state index in [2.05, 4.69) is 17.1 Å². The minimum absolute atomic E-state index is 0.268. The van der Waals surface area contributed by atoms with Crippen LogP contribution in [0.25, 0.3) is 11.3 Å². The van der Waals surface area contributed by atoms with Crippen LogP contribution in [-0.2, 0) is 6.54 Å². The van der Waals surface area contributed by atoms with Crippen LogP contribution in [0.5, 0.6) is 0 Å². The molecule has 24 heavy (non-hydrogen) atoms. The number of furan rings is 1. The maximum Gasteiger partial charge on any atom is 0.335 e. The molecule has 0 aliphatic carbocycles. The Balaban J connectivity index is 1.58. The van der Waals surface area contributed by atoms with Crippen LogP contribution in [0.2, 0.25) is 0 Å². The summed E-state index contributed by atoms with van der Waals surface area (Å²) < 4.78 is 5.85. The van der Waals surface area contributed by atoms with E-state index in [4.69, 9.17) is 9.52 Å². The van der Waals surface area contributed by atoms with E-state index in [1.54, 1.807) is 18.2 Å². The predicted octanol–water partition coefficient (Wildman–Crippen LogP) is 3.22. The van der Waals surface area contributed by atoms with Crippen molar-refractivity contribution in [1.29, 1.82) is 0 Å². The molecule has 2 N–H and O–H groups in total. The van der Waals surface area contributed by atoms with Crippen molar-refractivity contribution in [1.82, 2.24) is 10.2 Å². The van der Waals surface area contributed by atoms with Gasteiger partial charge in [0, 0.05) is 18.2 Å². The third kappa shape index (κ3) is 3.86. The molecule has 3 rings (SSSR count). The molecule has 0 saturated carbocycles. The van der Waals surface area contributed by atoms with E-state index >= 15 is 0 Å². The van der Waals surface area contributed by atoms with Crippen LogP contribution in [0.15, 0.2) is 40.8 Å². The SMILES string of the molecule is CCN1CCCC1CNCc1ccc(-c2cccc(C(=O)O)c2)o1. The van der Waals surface area contributed by atoms with Crippen molar-refractivity contribution in [3.05, 3.63) is 47.7 Å². The molecule has 0 spiro atoms. The standard InChI is InChI=1S/C19H24N2O3/c1-2-21-10-4-7-16(21)12-20-13-17-8-9-18(24-17)14-5-3-6-15(11-14)19(22)23/h3,5-6,8-9,11,16,20H,2,4,7,10,12-13H2,1H3,(H,22,23). The first-order valence-corrected chi connectivity index (χ1v) is 8.54. The molecule has 5 nitrogen and oxygen atoms in total. The third-order valence-electron chi connectivity index (χ3n) is 4.64. The van der Waals surface area contributed by atoms with Crippen molar-refractivity contribution < 1.29 is 14.3 Å². The van der Waals surface area contributed by atoms with Crippen LogP contribution in [0.4, 0.5) is 0 Å². The van der Waals surface area contributed by atoms with Gasteiger partial charge in [-0.15, -0.1) is 0 Å². The summed E-state index contributed by atoms with van der Waals surface area (Å²) in [6.45, 7) is 6.18. The van der Waals surface area contributed by atoms with E-state index in [-0.39, 0.29) is 5.56 Å². The molecule has 1 aromatic carbocycles. The molecule has 1 aliphatic rings. The highest BCUT2D eigenvalue weighted by Crippen LogP contribution is 2.23. The molecular formula is C19H24N2O3. The molecule has 0 radical (unpaired) electrons. The molecule has 1 aromatic heterocycles. The lowest BCUT2D eigenvalue weighted by Gasteiger charge is -2.22. The highest BCUT2D eigenvalue weighted by molar-refractivity contribution is 5.89. The summed E-state index contributed by atoms with van der Waals surface area (Å²) in [6, 6.07) is 11.3. The molecule has 1 saturated heterocycles. The summed E-state index contributed by atoms with van der Waals surface area (Å²) in [6.07, 6.45) is 2.54. The number of carboxylic acids is 1. The van der Waals surface area contributed by atoms with Crippen LogP contribution in [-0.4, -0.2) is 41.7 Å². The Hall–Kier alpha value is -2.11. The lowest BCUT2D eigenvalue weighted by atomic mass is 10.1. The van der Waals surface area contributed by atoms with Crippen molar-refractivity contribution in [2.24, 2.45) is 0 Å². The van der Waals surface area contributed by atoms with Crippen molar-refractivity contribution in [3.63, 3.8) is 0 Å². The number of rotatable bonds is 7. The van der Waals surface area contributed by atoms with Gasteiger partial charge >= 0.3 is 5.97 Å². The number of hydrogen-bond donors (Lipinski definition) is 2. The average Bonchev–Trinajstić information content (AvgIpc) is 3.24. The number of likely N-dealkylation sites (N-methyl/N-ethyl adjacent to an activating group) is 1. The zero-order valence-electron chi connectivity index (χ0n) is 14.0. The van der Waals surface area contributed by atoms with Crippen LogP contribution >= 0.6 is 0 Å². The van der Waals surface area contributed by atoms with Gasteiger partial charge in [-0.1, -0.05) is 19.1 Å². The Morgan fingerprint density at radius 2 is 2.25 bits per heavy atom. The number of carboxylic acid groups (broad SMARTS) is 1. The number of benzene rings is 1. The van der Waals surface area contributed by atoms with Crippen molar-refractivity contribution in [2.45, 2.75) is 32.4 Å². The number of nitrogens with zero attached hydrogens (tertiary/aromatic N) is 1. The first-order valence-electron chi connectivity index (χ1n) is 8.54. The molecule has 1 aliphatic heterocycles. The second-order valence-corrected chi connectivity index (χ2v) is 6.21. The number of hydrogen-bond acceptors (Lipinski definition) is 4. The summed E-state index contributed by atoms with van der Waals surface area (Å²) in [5, 5.41) is 12.6. The smallest absolute Gasteiger partial charge is 0.335 e. The van der Waals surface area contributed by atoms with Gasteiger partial charge in [0.25, 0.3) is 0 Å². The quantitative estimate of drug-likeness (QED) is 0.817. The Kier molecular flexibility index (Phi) is 5.33. The van der Waals surface area contributed by atoms with Crippen LogP contribution in [0.1, 0.15) is 35.9 Å². The zero-order valence-corrected chi connectivity index (χ0v) is 14.0. The van der Waals surface area contributed by atoms with E-state index in [0.717, 1.165) is 24.4 Å². The second-order valence-electron chi connectivity index (χ2n) is 6.21. The average molecular weight is 328 g/mol. The van der Waals surface area contributed by atoms with Crippen LogP contribution in [0, 0.1) is 0 Å². The normalized spacial score (nSPS) is 18.1. The van der Waals surface area contributed by atoms with Gasteiger partial charge < -0.3 is 14.8 Å². The summed E-state index contributed by atoms with van der Waals surface area (Å²) >= 11 is 0. The highest BCUT2D eigenvalue weighted by atomic mass is 16.4. The molecule has 1 fully saturated rings. The van der Waals surface area contributed by atoms with E-state index in [0.29, 0.717) is 18.3 Å². The summed E-state index contributed by atoms with van der Waals surface area (Å²) in [5.41, 5.74) is 1.05. The number of aromatic carboxylic acids is 1. The fraction of sp³-hybridized carbons (Fsp3) is 0.421. The van der Waals surface area contributed by atoms with Gasteiger partial charge in [-0.25, -0.2) is 4.79 Å². The van der Waals surface area contributed by atoms with Gasteiger partial charge in [-0.05, 0) is 50.2 Å². The van der Waals surface area contributed by atoms with Gasteiger partial charge in [0.05, 0.1) is 12.1 Å². The number of carbonyl (C=O) groups is 1. The largest absolute Gasteiger partial charge is 0.478 e. The molecular weight excluding hydrogens is 304 g/mol. The fourth-order valence-electron chi connectivity index (χ4n) is 3.34. The minimum atomic E-state index is -0.928. The van der Waals surface area contributed by atoms with E-state index in [1.807, 2.05) is 18.2 Å². The molecule has 2 heterocycles. The topological polar surface area (TPSA) is 65.7 Å². The molecule has 5 heteroatoms. The number of nitrogens with one attached hydrogen (secondary N) is 1. The molecule has 1 unspecified atom stereocenters. The van der Waals surface area contributed by atoms with Crippen molar-refractivity contribution in [2.75, 3.05) is 19.6 Å². The zero-order chi connectivity index (χ0) is 16.9. The van der Waals surface area contributed by atoms with Crippen LogP contribution < -0.4 is 5.32 Å². The Morgan fingerprint density at radius 1 is 1.38 bits per heavy atom. The van der Waals surface area contributed by atoms with Gasteiger partial charge in [-0.3, -0.25) is 4.90 Å². The van der Waals surface area contributed by atoms with E-state index in [9.17, 15) is 4.79 Å². The molecule has 0 bridgehead atoms. The molecule has 2 aromatic rings. The second kappa shape index (κ2) is 7.64. The fourth-order valence-corrected chi connectivity index (χ4v) is 3.34. The first-order chi connectivity index (χ1) is 11.7. The maximum absolute atomic E-state index is 11.1. The Labute approximate surface area is 142 Å². The Bertz CT molecular complexity index is 695. The lowest BCUT2D eigenvalue weighted by Crippen LogP contribution is -2.37. The summed E-state index contributed by atoms with van der Waals surface area (Å²) in [7, 11) is 0.